The van der Waals surface area contributed by atoms with E-state index in [4.69, 9.17) is 5.73 Å². The van der Waals surface area contributed by atoms with E-state index in [0.29, 0.717) is 5.56 Å². The van der Waals surface area contributed by atoms with E-state index in [2.05, 4.69) is 4.72 Å². The number of carbonyl (C=O) groups is 1. The van der Waals surface area contributed by atoms with Crippen LogP contribution in [0.1, 0.15) is 12.0 Å². The number of carbonyl (C=O) groups excluding carboxylic acids is 1. The van der Waals surface area contributed by atoms with Gasteiger partial charge in [0.1, 0.15) is 0 Å². The topological polar surface area (TPSA) is 92.5 Å². The Bertz CT molecular complexity index is 541. The van der Waals surface area contributed by atoms with Crippen molar-refractivity contribution in [3.63, 3.8) is 0 Å². The number of sulfonamides is 1. The van der Waals surface area contributed by atoms with Gasteiger partial charge in [0, 0.05) is 33.6 Å². The van der Waals surface area contributed by atoms with Gasteiger partial charge in [-0.05, 0) is 11.6 Å². The fourth-order valence-corrected chi connectivity index (χ4v) is 2.81. The maximum atomic E-state index is 12.1. The highest BCUT2D eigenvalue weighted by Gasteiger charge is 2.17. The molecule has 1 aromatic carbocycles. The molecule has 0 aliphatic heterocycles. The molecule has 1 rings (SSSR count). The molecule has 0 saturated heterocycles. The predicted octanol–water partition coefficient (Wildman–Crippen LogP) is -0.0981. The summed E-state index contributed by atoms with van der Waals surface area (Å²) in [5, 5.41) is 0. The molecule has 1 amide bonds. The summed E-state index contributed by atoms with van der Waals surface area (Å²) in [7, 11) is -0.374. The molecular weight excluding hydrogens is 266 g/mol. The van der Waals surface area contributed by atoms with Gasteiger partial charge in [0.2, 0.25) is 15.9 Å². The number of nitrogens with two attached hydrogens (primary N) is 1. The smallest absolute Gasteiger partial charge is 0.240 e. The molecule has 0 fully saturated rings. The van der Waals surface area contributed by atoms with Gasteiger partial charge in [0.05, 0.1) is 4.90 Å². The molecule has 0 heterocycles. The molecule has 0 unspecified atom stereocenters. The van der Waals surface area contributed by atoms with Gasteiger partial charge in [-0.3, -0.25) is 4.79 Å². The highest BCUT2D eigenvalue weighted by atomic mass is 32.2. The van der Waals surface area contributed by atoms with E-state index < -0.39 is 10.0 Å². The Morgan fingerprint density at radius 2 is 1.95 bits per heavy atom. The van der Waals surface area contributed by atoms with Crippen LogP contribution in [-0.2, 0) is 21.4 Å². The van der Waals surface area contributed by atoms with Crippen LogP contribution in [0, 0.1) is 0 Å². The highest BCUT2D eigenvalue weighted by Crippen LogP contribution is 2.14. The quantitative estimate of drug-likeness (QED) is 0.763. The Balaban J connectivity index is 2.74. The third kappa shape index (κ3) is 4.30. The van der Waals surface area contributed by atoms with E-state index in [1.54, 1.807) is 32.3 Å². The molecule has 0 bridgehead atoms. The second-order valence-corrected chi connectivity index (χ2v) is 5.98. The van der Waals surface area contributed by atoms with Gasteiger partial charge in [-0.2, -0.15) is 0 Å². The Hall–Kier alpha value is -1.44. The molecule has 0 aromatic heterocycles. The molecule has 7 heteroatoms. The Morgan fingerprint density at radius 3 is 2.53 bits per heavy atom. The summed E-state index contributed by atoms with van der Waals surface area (Å²) in [6.45, 7) is 0.214. The zero-order valence-electron chi connectivity index (χ0n) is 11.1. The van der Waals surface area contributed by atoms with Crippen molar-refractivity contribution < 1.29 is 13.2 Å². The van der Waals surface area contributed by atoms with Crippen LogP contribution >= 0.6 is 0 Å². The molecular formula is C12H19N3O3S. The first-order valence-corrected chi connectivity index (χ1v) is 7.34. The van der Waals surface area contributed by atoms with Gasteiger partial charge in [-0.1, -0.05) is 18.2 Å². The van der Waals surface area contributed by atoms with E-state index in [-0.39, 0.29) is 30.3 Å². The monoisotopic (exact) mass is 285 g/mol. The van der Waals surface area contributed by atoms with E-state index in [1.165, 1.54) is 11.0 Å². The van der Waals surface area contributed by atoms with Crippen molar-refractivity contribution in [2.75, 3.05) is 20.6 Å². The minimum atomic E-state index is -3.63. The molecule has 19 heavy (non-hydrogen) atoms. The standard InChI is InChI=1S/C12H19N3O3S/c1-15(2)12(16)7-8-14-19(17,18)11-6-4-3-5-10(11)9-13/h3-6,14H,7-9,13H2,1-2H3. The number of hydrogen-bond donors (Lipinski definition) is 2. The minimum absolute atomic E-state index is 0.0677. The van der Waals surface area contributed by atoms with Crippen LogP contribution in [0.15, 0.2) is 29.2 Å². The SMILES string of the molecule is CN(C)C(=O)CCNS(=O)(=O)c1ccccc1CN. The van der Waals surface area contributed by atoms with Gasteiger partial charge in [-0.25, -0.2) is 13.1 Å². The molecule has 0 aliphatic carbocycles. The molecule has 106 valence electrons. The van der Waals surface area contributed by atoms with Crippen LogP contribution in [0.2, 0.25) is 0 Å². The zero-order chi connectivity index (χ0) is 14.5. The van der Waals surface area contributed by atoms with Crippen molar-refractivity contribution in [3.8, 4) is 0 Å². The first-order chi connectivity index (χ1) is 8.88. The third-order valence-electron chi connectivity index (χ3n) is 2.61. The average molecular weight is 285 g/mol. The van der Waals surface area contributed by atoms with Gasteiger partial charge in [0.15, 0.2) is 0 Å². The van der Waals surface area contributed by atoms with Gasteiger partial charge in [0.25, 0.3) is 0 Å². The predicted molar refractivity (Wildman–Crippen MR) is 72.8 cm³/mol. The molecule has 0 aliphatic rings. The van der Waals surface area contributed by atoms with Gasteiger partial charge in [-0.15, -0.1) is 0 Å². The fourth-order valence-electron chi connectivity index (χ4n) is 1.53. The lowest BCUT2D eigenvalue weighted by Crippen LogP contribution is -2.30. The second kappa shape index (κ2) is 6.65. The summed E-state index contributed by atoms with van der Waals surface area (Å²) in [5.74, 6) is -0.130. The molecule has 0 radical (unpaired) electrons. The molecule has 0 spiro atoms. The number of hydrogen-bond acceptors (Lipinski definition) is 4. The van der Waals surface area contributed by atoms with Gasteiger partial charge < -0.3 is 10.6 Å². The highest BCUT2D eigenvalue weighted by molar-refractivity contribution is 7.89. The summed E-state index contributed by atoms with van der Waals surface area (Å²) in [5.41, 5.74) is 6.06. The molecule has 0 atom stereocenters. The van der Waals surface area contributed by atoms with Crippen LogP contribution in [0.4, 0.5) is 0 Å². The summed E-state index contributed by atoms with van der Waals surface area (Å²) < 4.78 is 26.5. The first kappa shape index (κ1) is 15.6. The van der Waals surface area contributed by atoms with Crippen LogP contribution in [0.3, 0.4) is 0 Å². The fraction of sp³-hybridized carbons (Fsp3) is 0.417. The first-order valence-electron chi connectivity index (χ1n) is 5.86. The Labute approximate surface area is 113 Å². The van der Waals surface area contributed by atoms with Crippen LogP contribution < -0.4 is 10.5 Å². The lowest BCUT2D eigenvalue weighted by Gasteiger charge is -2.12. The van der Waals surface area contributed by atoms with Crippen molar-refractivity contribution in [2.45, 2.75) is 17.9 Å². The maximum Gasteiger partial charge on any atom is 0.240 e. The van der Waals surface area contributed by atoms with Crippen molar-refractivity contribution in [1.82, 2.24) is 9.62 Å². The van der Waals surface area contributed by atoms with Crippen molar-refractivity contribution in [1.29, 1.82) is 0 Å². The van der Waals surface area contributed by atoms with E-state index in [1.807, 2.05) is 0 Å². The lowest BCUT2D eigenvalue weighted by atomic mass is 10.2. The van der Waals surface area contributed by atoms with E-state index >= 15 is 0 Å². The van der Waals surface area contributed by atoms with Crippen molar-refractivity contribution >= 4 is 15.9 Å². The lowest BCUT2D eigenvalue weighted by molar-refractivity contribution is -0.128. The molecule has 0 saturated carbocycles. The minimum Gasteiger partial charge on any atom is -0.349 e. The largest absolute Gasteiger partial charge is 0.349 e. The average Bonchev–Trinajstić information content (AvgIpc) is 2.38. The number of rotatable bonds is 6. The van der Waals surface area contributed by atoms with Crippen LogP contribution in [0.5, 0.6) is 0 Å². The van der Waals surface area contributed by atoms with E-state index in [0.717, 1.165) is 0 Å². The number of benzene rings is 1. The second-order valence-electron chi connectivity index (χ2n) is 4.25. The van der Waals surface area contributed by atoms with Gasteiger partial charge >= 0.3 is 0 Å². The zero-order valence-corrected chi connectivity index (χ0v) is 11.9. The summed E-state index contributed by atoms with van der Waals surface area (Å²) >= 11 is 0. The molecule has 6 nitrogen and oxygen atoms in total. The van der Waals surface area contributed by atoms with Crippen LogP contribution in [0.25, 0.3) is 0 Å². The number of nitrogens with zero attached hydrogens (tertiary/aromatic N) is 1. The third-order valence-corrected chi connectivity index (χ3v) is 4.17. The number of nitrogens with one attached hydrogen (secondary N) is 1. The molecule has 1 aromatic rings. The summed E-state index contributed by atoms with van der Waals surface area (Å²) in [6.07, 6.45) is 0.122. The van der Waals surface area contributed by atoms with Crippen LogP contribution in [-0.4, -0.2) is 39.9 Å². The van der Waals surface area contributed by atoms with Crippen molar-refractivity contribution in [3.05, 3.63) is 29.8 Å². The Morgan fingerprint density at radius 1 is 1.32 bits per heavy atom. The molecule has 3 N–H and O–H groups in total. The summed E-state index contributed by atoms with van der Waals surface area (Å²) in [6, 6.07) is 6.54. The van der Waals surface area contributed by atoms with Crippen molar-refractivity contribution in [2.24, 2.45) is 5.73 Å². The maximum absolute atomic E-state index is 12.1. The number of amides is 1. The normalized spacial score (nSPS) is 11.3. The van der Waals surface area contributed by atoms with E-state index in [9.17, 15) is 13.2 Å². The summed E-state index contributed by atoms with van der Waals surface area (Å²) in [4.78, 5) is 12.9. The Kier molecular flexibility index (Phi) is 5.46.